The van der Waals surface area contributed by atoms with Crippen molar-refractivity contribution in [1.82, 2.24) is 10.2 Å². The van der Waals surface area contributed by atoms with Crippen LogP contribution in [-0.4, -0.2) is 23.5 Å². The molecule has 0 radical (unpaired) electrons. The van der Waals surface area contributed by atoms with E-state index in [2.05, 4.69) is 20.2 Å². The van der Waals surface area contributed by atoms with Crippen LogP contribution in [0.15, 0.2) is 17.4 Å². The van der Waals surface area contributed by atoms with Crippen molar-refractivity contribution in [2.45, 2.75) is 0 Å². The molecule has 1 N–H and O–H groups in total. The maximum atomic E-state index is 4.44. The predicted molar refractivity (Wildman–Crippen MR) is 33.2 cm³/mol. The molecule has 0 fully saturated rings. The van der Waals surface area contributed by atoms with E-state index in [-0.39, 0.29) is 0 Å². The molecule has 0 aromatic carbocycles. The molecule has 0 unspecified atom stereocenters. The highest BCUT2D eigenvalue weighted by Gasteiger charge is 1.83. The Bertz CT molecular complexity index is 180. The van der Waals surface area contributed by atoms with Gasteiger partial charge in [0, 0.05) is 6.20 Å². The van der Waals surface area contributed by atoms with Crippen molar-refractivity contribution >= 4 is 6.21 Å². The SMILES string of the molecule is CON=Cc1ccn[nH]1. The van der Waals surface area contributed by atoms with Crippen LogP contribution in [0.3, 0.4) is 0 Å². The number of nitrogens with zero attached hydrogens (tertiary/aromatic N) is 2. The Hall–Kier alpha value is -1.32. The van der Waals surface area contributed by atoms with Crippen LogP contribution in [0.2, 0.25) is 0 Å². The van der Waals surface area contributed by atoms with Gasteiger partial charge in [-0.1, -0.05) is 5.16 Å². The second kappa shape index (κ2) is 2.86. The van der Waals surface area contributed by atoms with Gasteiger partial charge >= 0.3 is 0 Å². The van der Waals surface area contributed by atoms with Gasteiger partial charge in [0.1, 0.15) is 7.11 Å². The standard InChI is InChI=1S/C5H7N3O/c1-9-7-4-5-2-3-6-8-5/h2-4H,1H3,(H,6,8). The van der Waals surface area contributed by atoms with E-state index in [9.17, 15) is 0 Å². The van der Waals surface area contributed by atoms with E-state index >= 15 is 0 Å². The van der Waals surface area contributed by atoms with E-state index in [1.54, 1.807) is 18.5 Å². The smallest absolute Gasteiger partial charge is 0.106 e. The first-order chi connectivity index (χ1) is 4.43. The van der Waals surface area contributed by atoms with E-state index in [1.807, 2.05) is 0 Å². The van der Waals surface area contributed by atoms with E-state index in [0.29, 0.717) is 0 Å². The molecule has 0 aliphatic carbocycles. The number of aromatic amines is 1. The molecule has 4 heteroatoms. The monoisotopic (exact) mass is 125 g/mol. The fourth-order valence-corrected chi connectivity index (χ4v) is 0.448. The second-order valence-corrected chi connectivity index (χ2v) is 1.43. The van der Waals surface area contributed by atoms with Gasteiger partial charge in [0.25, 0.3) is 0 Å². The van der Waals surface area contributed by atoms with Gasteiger partial charge in [-0.2, -0.15) is 5.10 Å². The third kappa shape index (κ3) is 1.56. The van der Waals surface area contributed by atoms with Gasteiger partial charge < -0.3 is 4.84 Å². The van der Waals surface area contributed by atoms with Crippen molar-refractivity contribution in [3.05, 3.63) is 18.0 Å². The van der Waals surface area contributed by atoms with E-state index < -0.39 is 0 Å². The van der Waals surface area contributed by atoms with Crippen LogP contribution in [-0.2, 0) is 4.84 Å². The quantitative estimate of drug-likeness (QED) is 0.459. The number of oxime groups is 1. The lowest BCUT2D eigenvalue weighted by Crippen LogP contribution is -1.80. The first-order valence-corrected chi connectivity index (χ1v) is 2.49. The normalized spacial score (nSPS) is 10.3. The molecule has 4 nitrogen and oxygen atoms in total. The maximum Gasteiger partial charge on any atom is 0.106 e. The van der Waals surface area contributed by atoms with Gasteiger partial charge in [0.05, 0.1) is 11.9 Å². The van der Waals surface area contributed by atoms with Crippen molar-refractivity contribution in [2.24, 2.45) is 5.16 Å². The van der Waals surface area contributed by atoms with Gasteiger partial charge in [-0.3, -0.25) is 5.10 Å². The zero-order valence-corrected chi connectivity index (χ0v) is 5.03. The lowest BCUT2D eigenvalue weighted by molar-refractivity contribution is 0.215. The number of nitrogens with one attached hydrogen (secondary N) is 1. The van der Waals surface area contributed by atoms with Crippen molar-refractivity contribution in [3.63, 3.8) is 0 Å². The molecule has 0 spiro atoms. The Morgan fingerprint density at radius 2 is 2.78 bits per heavy atom. The molecule has 9 heavy (non-hydrogen) atoms. The summed E-state index contributed by atoms with van der Waals surface area (Å²) in [5.74, 6) is 0. The molecule has 0 atom stereocenters. The van der Waals surface area contributed by atoms with Crippen molar-refractivity contribution in [1.29, 1.82) is 0 Å². The molecule has 1 heterocycles. The fourth-order valence-electron chi connectivity index (χ4n) is 0.448. The van der Waals surface area contributed by atoms with Crippen molar-refractivity contribution in [2.75, 3.05) is 7.11 Å². The average molecular weight is 125 g/mol. The Morgan fingerprint density at radius 1 is 1.89 bits per heavy atom. The van der Waals surface area contributed by atoms with Crippen LogP contribution in [0.25, 0.3) is 0 Å². The number of rotatable bonds is 2. The molecule has 0 saturated carbocycles. The molecule has 0 aliphatic heterocycles. The van der Waals surface area contributed by atoms with Gasteiger partial charge in [0.15, 0.2) is 0 Å². The van der Waals surface area contributed by atoms with Gasteiger partial charge in [0.2, 0.25) is 0 Å². The average Bonchev–Trinajstić information content (AvgIpc) is 2.34. The number of H-pyrrole nitrogens is 1. The highest BCUT2D eigenvalue weighted by atomic mass is 16.6. The van der Waals surface area contributed by atoms with Crippen LogP contribution in [0.5, 0.6) is 0 Å². The maximum absolute atomic E-state index is 4.44. The van der Waals surface area contributed by atoms with Crippen LogP contribution in [0, 0.1) is 0 Å². The summed E-state index contributed by atoms with van der Waals surface area (Å²) in [6, 6.07) is 1.79. The Kier molecular flexibility index (Phi) is 1.85. The molecule has 0 bridgehead atoms. The summed E-state index contributed by atoms with van der Waals surface area (Å²) >= 11 is 0. The zero-order chi connectivity index (χ0) is 6.53. The molecule has 1 rings (SSSR count). The molecule has 0 aliphatic rings. The van der Waals surface area contributed by atoms with E-state index in [0.717, 1.165) is 5.69 Å². The number of hydrogen-bond acceptors (Lipinski definition) is 3. The lowest BCUT2D eigenvalue weighted by atomic mass is 10.5. The summed E-state index contributed by atoms with van der Waals surface area (Å²) in [6.07, 6.45) is 3.20. The second-order valence-electron chi connectivity index (χ2n) is 1.43. The predicted octanol–water partition coefficient (Wildman–Crippen LogP) is 0.390. The highest BCUT2D eigenvalue weighted by molar-refractivity contribution is 5.75. The van der Waals surface area contributed by atoms with Gasteiger partial charge in [-0.05, 0) is 6.07 Å². The highest BCUT2D eigenvalue weighted by Crippen LogP contribution is 1.84. The minimum absolute atomic E-state index is 0.830. The van der Waals surface area contributed by atoms with Crippen LogP contribution < -0.4 is 0 Å². The number of aromatic nitrogens is 2. The first kappa shape index (κ1) is 5.81. The zero-order valence-electron chi connectivity index (χ0n) is 5.03. The molecule has 1 aromatic heterocycles. The van der Waals surface area contributed by atoms with Crippen molar-refractivity contribution < 1.29 is 4.84 Å². The third-order valence-electron chi connectivity index (χ3n) is 0.819. The van der Waals surface area contributed by atoms with E-state index in [4.69, 9.17) is 0 Å². The molecule has 48 valence electrons. The van der Waals surface area contributed by atoms with Gasteiger partial charge in [-0.15, -0.1) is 0 Å². The van der Waals surface area contributed by atoms with Crippen molar-refractivity contribution in [3.8, 4) is 0 Å². The topological polar surface area (TPSA) is 50.3 Å². The minimum Gasteiger partial charge on any atom is -0.399 e. The van der Waals surface area contributed by atoms with Crippen LogP contribution >= 0.6 is 0 Å². The summed E-state index contributed by atoms with van der Waals surface area (Å²) in [5, 5.41) is 9.91. The van der Waals surface area contributed by atoms with Crippen LogP contribution in [0.4, 0.5) is 0 Å². The molecule has 0 amide bonds. The molecule has 1 aromatic rings. The minimum atomic E-state index is 0.830. The molecular weight excluding hydrogens is 118 g/mol. The Morgan fingerprint density at radius 3 is 3.33 bits per heavy atom. The first-order valence-electron chi connectivity index (χ1n) is 2.49. The Labute approximate surface area is 52.5 Å². The summed E-state index contributed by atoms with van der Waals surface area (Å²) < 4.78 is 0. The summed E-state index contributed by atoms with van der Waals surface area (Å²) in [7, 11) is 1.49. The molecular formula is C5H7N3O. The number of hydrogen-bond donors (Lipinski definition) is 1. The third-order valence-corrected chi connectivity index (χ3v) is 0.819. The molecule has 0 saturated heterocycles. The summed E-state index contributed by atoms with van der Waals surface area (Å²) in [4.78, 5) is 4.44. The lowest BCUT2D eigenvalue weighted by Gasteiger charge is -1.81. The fraction of sp³-hybridized carbons (Fsp3) is 0.200. The van der Waals surface area contributed by atoms with E-state index in [1.165, 1.54) is 7.11 Å². The van der Waals surface area contributed by atoms with Gasteiger partial charge in [-0.25, -0.2) is 0 Å². The Balaban J connectivity index is 2.57. The van der Waals surface area contributed by atoms with Crippen LogP contribution in [0.1, 0.15) is 5.69 Å². The summed E-state index contributed by atoms with van der Waals surface area (Å²) in [5.41, 5.74) is 0.830. The largest absolute Gasteiger partial charge is 0.399 e. The summed E-state index contributed by atoms with van der Waals surface area (Å²) in [6.45, 7) is 0.